The Balaban J connectivity index is 3.07. The molecule has 0 saturated heterocycles. The van der Waals surface area contributed by atoms with Gasteiger partial charge in [-0.05, 0) is 17.7 Å². The maximum Gasteiger partial charge on any atom is 0.405 e. The van der Waals surface area contributed by atoms with Crippen LogP contribution in [0.15, 0.2) is 31.0 Å². The van der Waals surface area contributed by atoms with Gasteiger partial charge in [0.05, 0.1) is 5.69 Å². The van der Waals surface area contributed by atoms with Crippen molar-refractivity contribution in [2.24, 2.45) is 11.5 Å². The second-order valence-electron chi connectivity index (χ2n) is 5.01. The van der Waals surface area contributed by atoms with Crippen LogP contribution in [0.1, 0.15) is 37.6 Å². The number of hydrogen-bond donors (Lipinski definition) is 2. The van der Waals surface area contributed by atoms with Crippen molar-refractivity contribution in [1.82, 2.24) is 4.98 Å². The Morgan fingerprint density at radius 1 is 1.63 bits per heavy atom. The third-order valence-electron chi connectivity index (χ3n) is 3.04. The summed E-state index contributed by atoms with van der Waals surface area (Å²) >= 11 is 0. The van der Waals surface area contributed by atoms with Crippen LogP contribution in [0.5, 0.6) is 0 Å². The van der Waals surface area contributed by atoms with Crippen molar-refractivity contribution >= 4 is 6.09 Å². The van der Waals surface area contributed by atoms with E-state index < -0.39 is 12.2 Å². The van der Waals surface area contributed by atoms with Crippen LogP contribution in [0.2, 0.25) is 0 Å². The van der Waals surface area contributed by atoms with E-state index in [-0.39, 0.29) is 5.41 Å². The first-order chi connectivity index (χ1) is 8.90. The molecule has 0 aromatic carbocycles. The van der Waals surface area contributed by atoms with Crippen LogP contribution in [-0.2, 0) is 10.2 Å². The molecule has 5 nitrogen and oxygen atoms in total. The van der Waals surface area contributed by atoms with Gasteiger partial charge in [0, 0.05) is 24.6 Å². The van der Waals surface area contributed by atoms with Gasteiger partial charge in [0.15, 0.2) is 0 Å². The van der Waals surface area contributed by atoms with E-state index in [0.29, 0.717) is 18.7 Å². The lowest BCUT2D eigenvalue weighted by Gasteiger charge is -2.24. The minimum Gasteiger partial charge on any atom is -0.440 e. The molecule has 0 aliphatic rings. The highest BCUT2D eigenvalue weighted by Gasteiger charge is 2.22. The lowest BCUT2D eigenvalue weighted by molar-refractivity contribution is 0.106. The first-order valence-electron chi connectivity index (χ1n) is 6.14. The van der Waals surface area contributed by atoms with E-state index in [2.05, 4.69) is 11.6 Å². The molecular weight excluding hydrogens is 242 g/mol. The molecule has 4 N–H and O–H groups in total. The van der Waals surface area contributed by atoms with Crippen molar-refractivity contribution < 1.29 is 9.53 Å². The smallest absolute Gasteiger partial charge is 0.405 e. The maximum atomic E-state index is 10.9. The predicted molar refractivity (Wildman–Crippen MR) is 74.5 cm³/mol. The van der Waals surface area contributed by atoms with Crippen molar-refractivity contribution in [2.45, 2.75) is 31.8 Å². The molecule has 0 spiro atoms. The van der Waals surface area contributed by atoms with E-state index in [1.807, 2.05) is 26.0 Å². The molecule has 1 aromatic heterocycles. The molecule has 0 saturated carbocycles. The van der Waals surface area contributed by atoms with Gasteiger partial charge in [0.2, 0.25) is 0 Å². The van der Waals surface area contributed by atoms with Gasteiger partial charge in [-0.15, -0.1) is 6.58 Å². The molecule has 104 valence electrons. The number of amides is 1. The number of nitrogens with two attached hydrogens (primary N) is 2. The summed E-state index contributed by atoms with van der Waals surface area (Å²) in [6.07, 6.45) is 2.47. The van der Waals surface area contributed by atoms with E-state index in [0.717, 1.165) is 5.56 Å². The van der Waals surface area contributed by atoms with Gasteiger partial charge in [0.1, 0.15) is 6.10 Å². The van der Waals surface area contributed by atoms with Gasteiger partial charge in [0.25, 0.3) is 0 Å². The van der Waals surface area contributed by atoms with Crippen LogP contribution in [0, 0.1) is 0 Å². The first kappa shape index (κ1) is 15.2. The summed E-state index contributed by atoms with van der Waals surface area (Å²) in [6.45, 7) is 8.24. The highest BCUT2D eigenvalue weighted by atomic mass is 16.6. The maximum absolute atomic E-state index is 10.9. The van der Waals surface area contributed by atoms with Gasteiger partial charge >= 0.3 is 6.09 Å². The highest BCUT2D eigenvalue weighted by Crippen LogP contribution is 2.26. The van der Waals surface area contributed by atoms with Crippen molar-refractivity contribution in [3.05, 3.63) is 42.2 Å². The minimum atomic E-state index is -0.822. The Morgan fingerprint density at radius 3 is 2.84 bits per heavy atom. The van der Waals surface area contributed by atoms with E-state index in [4.69, 9.17) is 16.2 Å². The SMILES string of the molecule is C=CCC(OC(N)=O)c1cc(C(C)(C)CN)ccn1. The molecule has 0 aliphatic heterocycles. The second kappa shape index (κ2) is 6.33. The number of hydrogen-bond acceptors (Lipinski definition) is 4. The molecule has 0 radical (unpaired) electrons. The van der Waals surface area contributed by atoms with Crippen LogP contribution in [-0.4, -0.2) is 17.6 Å². The van der Waals surface area contributed by atoms with E-state index >= 15 is 0 Å². The predicted octanol–water partition coefficient (Wildman–Crippen LogP) is 2.03. The van der Waals surface area contributed by atoms with Gasteiger partial charge < -0.3 is 16.2 Å². The molecule has 0 fully saturated rings. The van der Waals surface area contributed by atoms with Crippen LogP contribution < -0.4 is 11.5 Å². The Hall–Kier alpha value is -1.88. The molecule has 0 bridgehead atoms. The number of ether oxygens (including phenoxy) is 1. The van der Waals surface area contributed by atoms with Crippen molar-refractivity contribution in [1.29, 1.82) is 0 Å². The van der Waals surface area contributed by atoms with Crippen molar-refractivity contribution in [3.63, 3.8) is 0 Å². The van der Waals surface area contributed by atoms with Gasteiger partial charge in [-0.25, -0.2) is 4.79 Å². The summed E-state index contributed by atoms with van der Waals surface area (Å²) in [5, 5.41) is 0. The fraction of sp³-hybridized carbons (Fsp3) is 0.429. The largest absolute Gasteiger partial charge is 0.440 e. The Morgan fingerprint density at radius 2 is 2.32 bits per heavy atom. The Bertz CT molecular complexity index is 458. The van der Waals surface area contributed by atoms with E-state index in [1.165, 1.54) is 0 Å². The summed E-state index contributed by atoms with van der Waals surface area (Å²) in [4.78, 5) is 15.2. The summed E-state index contributed by atoms with van der Waals surface area (Å²) < 4.78 is 5.05. The molecule has 0 aliphatic carbocycles. The third kappa shape index (κ3) is 4.06. The average Bonchev–Trinajstić information content (AvgIpc) is 2.38. The van der Waals surface area contributed by atoms with Crippen molar-refractivity contribution in [3.8, 4) is 0 Å². The fourth-order valence-electron chi connectivity index (χ4n) is 1.68. The monoisotopic (exact) mass is 263 g/mol. The zero-order valence-corrected chi connectivity index (χ0v) is 11.4. The zero-order valence-electron chi connectivity index (χ0n) is 11.4. The van der Waals surface area contributed by atoms with E-state index in [1.54, 1.807) is 12.3 Å². The molecule has 1 unspecified atom stereocenters. The number of rotatable bonds is 6. The van der Waals surface area contributed by atoms with Crippen molar-refractivity contribution in [2.75, 3.05) is 6.54 Å². The zero-order chi connectivity index (χ0) is 14.5. The topological polar surface area (TPSA) is 91.2 Å². The molecule has 19 heavy (non-hydrogen) atoms. The number of pyridine rings is 1. The number of aromatic nitrogens is 1. The lowest BCUT2D eigenvalue weighted by atomic mass is 9.85. The number of nitrogens with zero attached hydrogens (tertiary/aromatic N) is 1. The Labute approximate surface area is 113 Å². The third-order valence-corrected chi connectivity index (χ3v) is 3.04. The molecule has 1 atom stereocenters. The fourth-order valence-corrected chi connectivity index (χ4v) is 1.68. The number of carbonyl (C=O) groups is 1. The van der Waals surface area contributed by atoms with Gasteiger partial charge in [-0.3, -0.25) is 4.98 Å². The molecule has 1 heterocycles. The van der Waals surface area contributed by atoms with Crippen LogP contribution >= 0.6 is 0 Å². The summed E-state index contributed by atoms with van der Waals surface area (Å²) in [6, 6.07) is 3.80. The average molecular weight is 263 g/mol. The molecule has 1 rings (SSSR count). The summed E-state index contributed by atoms with van der Waals surface area (Å²) in [5.41, 5.74) is 12.4. The van der Waals surface area contributed by atoms with E-state index in [9.17, 15) is 4.79 Å². The van der Waals surface area contributed by atoms with Crippen LogP contribution in [0.3, 0.4) is 0 Å². The number of primary amides is 1. The molecule has 5 heteroatoms. The van der Waals surface area contributed by atoms with Crippen LogP contribution in [0.4, 0.5) is 4.79 Å². The Kier molecular flexibility index (Phi) is 5.06. The van der Waals surface area contributed by atoms with Gasteiger partial charge in [-0.1, -0.05) is 19.9 Å². The number of carbonyl (C=O) groups excluding carboxylic acids is 1. The highest BCUT2D eigenvalue weighted by molar-refractivity contribution is 5.65. The molecule has 1 aromatic rings. The summed E-state index contributed by atoms with van der Waals surface area (Å²) in [7, 11) is 0. The first-order valence-corrected chi connectivity index (χ1v) is 6.14. The second-order valence-corrected chi connectivity index (χ2v) is 5.01. The minimum absolute atomic E-state index is 0.164. The quantitative estimate of drug-likeness (QED) is 0.768. The van der Waals surface area contributed by atoms with Gasteiger partial charge in [-0.2, -0.15) is 0 Å². The lowest BCUT2D eigenvalue weighted by Crippen LogP contribution is -2.28. The normalized spacial score (nSPS) is 12.8. The summed E-state index contributed by atoms with van der Waals surface area (Å²) in [5.74, 6) is 0. The molecular formula is C14H21N3O2. The molecule has 1 amide bonds. The van der Waals surface area contributed by atoms with Crippen LogP contribution in [0.25, 0.3) is 0 Å². The standard InChI is InChI=1S/C14H21N3O2/c1-4-5-12(19-13(16)18)11-8-10(6-7-17-11)14(2,3)9-15/h4,6-8,12H,1,5,9,15H2,2-3H3,(H2,16,18).